The molecule has 0 atom stereocenters. The standard InChI is InChI=1S/C36H60O2.C22H30O3/c1-7-8-9-10-11-12-13-14-15-16-17-18-19-25-35(37)38-30-28-32(3)23-20-22-31(2)26-27-34-33(4)24-21-29-36(34,5)6;1-16(9-7-10-17(2)15-21(24)25-19(4)23)12-13-20-18(3)11-8-14-22(20,5)6/h20,22-23,26-28H,7-19,21,24-25,29-30H2,1-6H3;7,9-10,12-13,15H,8,11,14H2,1-6H3/b23-20+,27-26+,31-22+,32-28+;10-7+,13-12+,16-9+,17-15+. The maximum atomic E-state index is 12.0. The van der Waals surface area contributed by atoms with Gasteiger partial charge in [-0.3, -0.25) is 9.59 Å². The number of carbonyl (C=O) groups is 3. The van der Waals surface area contributed by atoms with E-state index in [0.717, 1.165) is 29.6 Å². The number of unbranched alkanes of at least 4 members (excludes halogenated alkanes) is 12. The summed E-state index contributed by atoms with van der Waals surface area (Å²) < 4.78 is 9.87. The summed E-state index contributed by atoms with van der Waals surface area (Å²) in [4.78, 5) is 34.1. The molecule has 0 aromatic rings. The molecule has 2 aliphatic rings. The summed E-state index contributed by atoms with van der Waals surface area (Å²) in [7, 11) is 0. The van der Waals surface area contributed by atoms with Crippen LogP contribution < -0.4 is 0 Å². The number of allylic oxidation sites excluding steroid dienone is 18. The molecule has 0 fully saturated rings. The smallest absolute Gasteiger partial charge is 0.338 e. The predicted octanol–water partition coefficient (Wildman–Crippen LogP) is 17.2. The molecule has 63 heavy (non-hydrogen) atoms. The van der Waals surface area contributed by atoms with E-state index in [1.165, 1.54) is 150 Å². The van der Waals surface area contributed by atoms with Gasteiger partial charge in [0.1, 0.15) is 6.61 Å². The second kappa shape index (κ2) is 32.6. The Bertz CT molecular complexity index is 1720. The predicted molar refractivity (Wildman–Crippen MR) is 270 cm³/mol. The van der Waals surface area contributed by atoms with Crippen molar-refractivity contribution in [1.29, 1.82) is 0 Å². The molecule has 0 aliphatic heterocycles. The third-order valence-corrected chi connectivity index (χ3v) is 12.3. The van der Waals surface area contributed by atoms with E-state index in [1.54, 1.807) is 6.92 Å². The van der Waals surface area contributed by atoms with E-state index in [1.807, 2.05) is 24.3 Å². The van der Waals surface area contributed by atoms with E-state index >= 15 is 0 Å². The molecule has 2 rings (SSSR count). The minimum absolute atomic E-state index is 0.0720. The monoisotopic (exact) mass is 867 g/mol. The van der Waals surface area contributed by atoms with Crippen LogP contribution in [0.2, 0.25) is 0 Å². The number of hydrogen-bond acceptors (Lipinski definition) is 5. The van der Waals surface area contributed by atoms with Gasteiger partial charge >= 0.3 is 17.9 Å². The molecule has 0 saturated heterocycles. The van der Waals surface area contributed by atoms with Gasteiger partial charge in [-0.05, 0) is 120 Å². The molecular weight excluding hydrogens is 777 g/mol. The zero-order chi connectivity index (χ0) is 47.1. The average Bonchev–Trinajstić information content (AvgIpc) is 3.18. The highest BCUT2D eigenvalue weighted by Crippen LogP contribution is 2.42. The molecule has 0 heterocycles. The largest absolute Gasteiger partial charge is 0.461 e. The van der Waals surface area contributed by atoms with Crippen LogP contribution in [0.5, 0.6) is 0 Å². The first-order valence-electron chi connectivity index (χ1n) is 24.6. The fourth-order valence-corrected chi connectivity index (χ4v) is 8.36. The molecule has 0 spiro atoms. The highest BCUT2D eigenvalue weighted by Gasteiger charge is 2.27. The van der Waals surface area contributed by atoms with Gasteiger partial charge in [0.15, 0.2) is 0 Å². The molecule has 0 aromatic carbocycles. The lowest BCUT2D eigenvalue weighted by atomic mass is 9.72. The average molecular weight is 867 g/mol. The van der Waals surface area contributed by atoms with Crippen LogP contribution in [0.1, 0.15) is 212 Å². The molecule has 5 heteroatoms. The van der Waals surface area contributed by atoms with Crippen LogP contribution in [0.15, 0.2) is 117 Å². The third-order valence-electron chi connectivity index (χ3n) is 12.3. The normalized spacial score (nSPS) is 17.6. The molecule has 0 saturated carbocycles. The lowest BCUT2D eigenvalue weighted by Gasteiger charge is -2.33. The lowest BCUT2D eigenvalue weighted by Crippen LogP contribution is -2.19. The van der Waals surface area contributed by atoms with E-state index < -0.39 is 11.9 Å². The quantitative estimate of drug-likeness (QED) is 0.0301. The van der Waals surface area contributed by atoms with Crippen molar-refractivity contribution in [2.45, 2.75) is 212 Å². The minimum Gasteiger partial charge on any atom is -0.461 e. The molecule has 0 amide bonds. The molecule has 2 aliphatic carbocycles. The highest BCUT2D eigenvalue weighted by atomic mass is 16.6. The van der Waals surface area contributed by atoms with Gasteiger partial charge in [-0.15, -0.1) is 0 Å². The van der Waals surface area contributed by atoms with E-state index in [9.17, 15) is 14.4 Å². The number of rotatable bonds is 25. The van der Waals surface area contributed by atoms with Gasteiger partial charge in [-0.2, -0.15) is 0 Å². The van der Waals surface area contributed by atoms with Crippen molar-refractivity contribution in [2.24, 2.45) is 10.8 Å². The number of carbonyl (C=O) groups excluding carboxylic acids is 3. The first-order chi connectivity index (χ1) is 29.9. The van der Waals surface area contributed by atoms with Gasteiger partial charge in [0.05, 0.1) is 0 Å². The summed E-state index contributed by atoms with van der Waals surface area (Å²) in [5.41, 5.74) is 10.7. The van der Waals surface area contributed by atoms with Crippen molar-refractivity contribution in [3.63, 3.8) is 0 Å². The van der Waals surface area contributed by atoms with Crippen LogP contribution in [-0.4, -0.2) is 24.5 Å². The topological polar surface area (TPSA) is 69.7 Å². The van der Waals surface area contributed by atoms with Crippen molar-refractivity contribution < 1.29 is 23.9 Å². The van der Waals surface area contributed by atoms with Gasteiger partial charge in [-0.1, -0.05) is 200 Å². The Hall–Kier alpha value is -3.99. The maximum absolute atomic E-state index is 12.0. The van der Waals surface area contributed by atoms with Crippen molar-refractivity contribution in [3.8, 4) is 0 Å². The first kappa shape index (κ1) is 57.0. The molecule has 352 valence electrons. The fourth-order valence-electron chi connectivity index (χ4n) is 8.36. The van der Waals surface area contributed by atoms with Crippen molar-refractivity contribution >= 4 is 17.9 Å². The van der Waals surface area contributed by atoms with Crippen LogP contribution in [0.25, 0.3) is 0 Å². The van der Waals surface area contributed by atoms with Crippen LogP contribution in [-0.2, 0) is 23.9 Å². The molecule has 0 bridgehead atoms. The summed E-state index contributed by atoms with van der Waals surface area (Å²) in [5, 5.41) is 0. The Kier molecular flexibility index (Phi) is 29.5. The number of hydrogen-bond donors (Lipinski definition) is 0. The van der Waals surface area contributed by atoms with E-state index in [2.05, 4.69) is 117 Å². The zero-order valence-corrected chi connectivity index (χ0v) is 42.3. The third kappa shape index (κ3) is 27.7. The molecule has 5 nitrogen and oxygen atoms in total. The Labute approximate surface area is 386 Å². The second-order valence-corrected chi connectivity index (χ2v) is 19.5. The van der Waals surface area contributed by atoms with Gasteiger partial charge in [-0.25, -0.2) is 4.79 Å². The first-order valence-corrected chi connectivity index (χ1v) is 24.6. The molecular formula is C58H90O5. The second-order valence-electron chi connectivity index (χ2n) is 19.5. The Morgan fingerprint density at radius 1 is 0.571 bits per heavy atom. The Balaban J connectivity index is 0.000000686. The summed E-state index contributed by atoms with van der Waals surface area (Å²) in [6, 6.07) is 0. The van der Waals surface area contributed by atoms with Crippen LogP contribution in [0.4, 0.5) is 0 Å². The van der Waals surface area contributed by atoms with Gasteiger partial charge in [0.2, 0.25) is 0 Å². The zero-order valence-electron chi connectivity index (χ0n) is 42.3. The summed E-state index contributed by atoms with van der Waals surface area (Å²) in [6.07, 6.45) is 49.3. The Morgan fingerprint density at radius 3 is 1.43 bits per heavy atom. The lowest BCUT2D eigenvalue weighted by molar-refractivity contribution is -0.154. The van der Waals surface area contributed by atoms with E-state index in [-0.39, 0.29) is 16.8 Å². The summed E-state index contributed by atoms with van der Waals surface area (Å²) in [5.74, 6) is -1.32. The summed E-state index contributed by atoms with van der Waals surface area (Å²) in [6.45, 7) is 25.7. The molecule has 0 radical (unpaired) electrons. The molecule has 0 aromatic heterocycles. The van der Waals surface area contributed by atoms with Gasteiger partial charge in [0, 0.05) is 19.4 Å². The number of esters is 3. The minimum atomic E-state index is -0.641. The highest BCUT2D eigenvalue weighted by molar-refractivity contribution is 5.91. The maximum Gasteiger partial charge on any atom is 0.338 e. The Morgan fingerprint density at radius 2 is 1.00 bits per heavy atom. The summed E-state index contributed by atoms with van der Waals surface area (Å²) >= 11 is 0. The molecule has 0 N–H and O–H groups in total. The molecule has 0 unspecified atom stereocenters. The number of ether oxygens (including phenoxy) is 2. The van der Waals surface area contributed by atoms with Crippen molar-refractivity contribution in [2.75, 3.05) is 6.61 Å². The fraction of sp³-hybridized carbons (Fsp3) is 0.603. The van der Waals surface area contributed by atoms with Crippen molar-refractivity contribution in [1.82, 2.24) is 0 Å². The van der Waals surface area contributed by atoms with Crippen molar-refractivity contribution in [3.05, 3.63) is 117 Å². The van der Waals surface area contributed by atoms with Gasteiger partial charge in [0.25, 0.3) is 0 Å². The van der Waals surface area contributed by atoms with Crippen LogP contribution in [0, 0.1) is 10.8 Å². The van der Waals surface area contributed by atoms with E-state index in [0.29, 0.717) is 13.0 Å². The SMILES string of the molecule is CC(=O)OC(=O)/C=C(C)/C=C/C=C(C)/C=C/C1=C(C)CCCC1(C)C.CCCCCCCCCCCCCCCC(=O)OC/C=C(C)/C=C/C=C(C)/C=C/C1=C(C)CCCC1(C)C. The van der Waals surface area contributed by atoms with E-state index in [4.69, 9.17) is 4.74 Å². The van der Waals surface area contributed by atoms with Crippen LogP contribution >= 0.6 is 0 Å². The van der Waals surface area contributed by atoms with Gasteiger partial charge < -0.3 is 9.47 Å². The van der Waals surface area contributed by atoms with Crippen LogP contribution in [0.3, 0.4) is 0 Å².